The molecule has 0 atom stereocenters. The number of aromatic nitrogens is 1. The Bertz CT molecular complexity index is 1240. The average molecular weight is 462 g/mol. The van der Waals surface area contributed by atoms with Crippen molar-refractivity contribution in [2.75, 3.05) is 16.6 Å². The number of nitrogens with zero attached hydrogens (tertiary/aromatic N) is 3. The fourth-order valence-electron chi connectivity index (χ4n) is 3.87. The van der Waals surface area contributed by atoms with Gasteiger partial charge in [-0.15, -0.1) is 0 Å². The van der Waals surface area contributed by atoms with Crippen LogP contribution < -0.4 is 4.31 Å². The highest BCUT2D eigenvalue weighted by atomic mass is 32.2. The van der Waals surface area contributed by atoms with Crippen molar-refractivity contribution in [2.45, 2.75) is 26.4 Å². The number of hydrogen-bond donors (Lipinski definition) is 0. The minimum atomic E-state index is -3.20. The molecule has 1 aliphatic rings. The summed E-state index contributed by atoms with van der Waals surface area (Å²) in [6, 6.07) is 19.1. The molecule has 1 aromatic heterocycles. The summed E-state index contributed by atoms with van der Waals surface area (Å²) in [5.74, 6) is 0.0879. The van der Waals surface area contributed by atoms with Gasteiger partial charge in [0.25, 0.3) is 0 Å². The Hall–Kier alpha value is -3.45. The van der Waals surface area contributed by atoms with Crippen molar-refractivity contribution in [1.29, 1.82) is 0 Å². The molecule has 0 radical (unpaired) electrons. The minimum Gasteiger partial charge on any atom is -0.330 e. The van der Waals surface area contributed by atoms with Crippen molar-refractivity contribution in [3.8, 4) is 0 Å². The second-order valence-corrected chi connectivity index (χ2v) is 10.2. The maximum Gasteiger partial charge on any atom is 0.247 e. The van der Waals surface area contributed by atoms with Gasteiger partial charge in [0, 0.05) is 38.1 Å². The summed E-state index contributed by atoms with van der Waals surface area (Å²) in [7, 11) is -3.20. The number of carbonyl (C=O) groups excluding carboxylic acids is 1. The largest absolute Gasteiger partial charge is 0.330 e. The van der Waals surface area contributed by atoms with Crippen LogP contribution >= 0.6 is 0 Å². The van der Waals surface area contributed by atoms with Crippen LogP contribution in [0.1, 0.15) is 28.7 Å². The van der Waals surface area contributed by atoms with Crippen molar-refractivity contribution in [3.63, 3.8) is 0 Å². The van der Waals surface area contributed by atoms with Gasteiger partial charge < -0.3 is 4.90 Å². The zero-order valence-electron chi connectivity index (χ0n) is 18.6. The fraction of sp³-hybridized carbons (Fsp3) is 0.231. The first-order valence-corrected chi connectivity index (χ1v) is 12.5. The van der Waals surface area contributed by atoms with Crippen molar-refractivity contribution in [3.05, 3.63) is 101 Å². The van der Waals surface area contributed by atoms with Crippen LogP contribution in [-0.4, -0.2) is 36.5 Å². The molecule has 0 bridgehead atoms. The summed E-state index contributed by atoms with van der Waals surface area (Å²) < 4.78 is 25.7. The minimum absolute atomic E-state index is 0.103. The summed E-state index contributed by atoms with van der Waals surface area (Å²) in [4.78, 5) is 19.1. The Morgan fingerprint density at radius 1 is 1.06 bits per heavy atom. The van der Waals surface area contributed by atoms with Crippen LogP contribution in [0.15, 0.2) is 79.1 Å². The Balaban J connectivity index is 1.50. The van der Waals surface area contributed by atoms with Gasteiger partial charge >= 0.3 is 0 Å². The number of sulfonamides is 1. The third-order valence-electron chi connectivity index (χ3n) is 5.73. The maximum absolute atomic E-state index is 13.1. The highest BCUT2D eigenvalue weighted by Gasteiger charge is 2.28. The standard InChI is InChI=1S/C26H27N3O3S/c1-21-6-2-3-8-24(21)20-28(19-23-7-4-15-27-18-23)26(30)14-11-22-9-12-25(13-10-22)29-16-5-17-33(29,31)32/h2-4,6-15,18H,5,16-17,19-20H2,1H3/b14-11+. The van der Waals surface area contributed by atoms with E-state index in [9.17, 15) is 13.2 Å². The lowest BCUT2D eigenvalue weighted by atomic mass is 10.1. The number of carbonyl (C=O) groups is 1. The lowest BCUT2D eigenvalue weighted by Crippen LogP contribution is -2.28. The normalized spacial score (nSPS) is 15.1. The van der Waals surface area contributed by atoms with E-state index in [1.165, 1.54) is 4.31 Å². The van der Waals surface area contributed by atoms with Crippen molar-refractivity contribution < 1.29 is 13.2 Å². The van der Waals surface area contributed by atoms with E-state index in [1.807, 2.05) is 55.5 Å². The Morgan fingerprint density at radius 3 is 2.52 bits per heavy atom. The van der Waals surface area contributed by atoms with Crippen molar-refractivity contribution in [1.82, 2.24) is 9.88 Å². The molecular weight excluding hydrogens is 434 g/mol. The van der Waals surface area contributed by atoms with Crippen molar-refractivity contribution in [2.24, 2.45) is 0 Å². The second kappa shape index (κ2) is 10.0. The molecule has 7 heteroatoms. The molecule has 0 saturated carbocycles. The quantitative estimate of drug-likeness (QED) is 0.495. The lowest BCUT2D eigenvalue weighted by molar-refractivity contribution is -0.127. The number of amides is 1. The molecule has 1 aliphatic heterocycles. The van der Waals surface area contributed by atoms with Crippen LogP contribution in [0, 0.1) is 6.92 Å². The van der Waals surface area contributed by atoms with E-state index in [1.54, 1.807) is 41.6 Å². The molecule has 2 heterocycles. The first kappa shape index (κ1) is 22.7. The SMILES string of the molecule is Cc1ccccc1CN(Cc1cccnc1)C(=O)/C=C/c1ccc(N2CCCS2(=O)=O)cc1. The van der Waals surface area contributed by atoms with E-state index < -0.39 is 10.0 Å². The Morgan fingerprint density at radius 2 is 1.85 bits per heavy atom. The molecule has 6 nitrogen and oxygen atoms in total. The molecule has 1 amide bonds. The van der Waals surface area contributed by atoms with Gasteiger partial charge in [0.05, 0.1) is 11.4 Å². The second-order valence-electron chi connectivity index (χ2n) is 8.15. The van der Waals surface area contributed by atoms with Gasteiger partial charge in [-0.25, -0.2) is 8.42 Å². The Labute approximate surface area is 195 Å². The van der Waals surface area contributed by atoms with Crippen LogP contribution in [0.25, 0.3) is 6.08 Å². The number of rotatable bonds is 7. The molecule has 0 aliphatic carbocycles. The van der Waals surface area contributed by atoms with E-state index >= 15 is 0 Å². The van der Waals surface area contributed by atoms with Gasteiger partial charge in [0.1, 0.15) is 0 Å². The molecule has 1 saturated heterocycles. The van der Waals surface area contributed by atoms with Gasteiger partial charge in [-0.1, -0.05) is 42.5 Å². The van der Waals surface area contributed by atoms with E-state index in [-0.39, 0.29) is 11.7 Å². The molecule has 170 valence electrons. The number of pyridine rings is 1. The topological polar surface area (TPSA) is 70.6 Å². The zero-order valence-corrected chi connectivity index (χ0v) is 19.4. The van der Waals surface area contributed by atoms with Crippen LogP contribution in [0.5, 0.6) is 0 Å². The summed E-state index contributed by atoms with van der Waals surface area (Å²) >= 11 is 0. The molecule has 3 aromatic rings. The van der Waals surface area contributed by atoms with Gasteiger partial charge in [-0.3, -0.25) is 14.1 Å². The van der Waals surface area contributed by atoms with Gasteiger partial charge in [-0.05, 0) is 59.9 Å². The van der Waals surface area contributed by atoms with Crippen LogP contribution in [0.4, 0.5) is 5.69 Å². The predicted octanol–water partition coefficient (Wildman–Crippen LogP) is 4.17. The summed E-state index contributed by atoms with van der Waals surface area (Å²) in [5, 5.41) is 0. The summed E-state index contributed by atoms with van der Waals surface area (Å²) in [5.41, 5.74) is 4.69. The molecular formula is C26H27N3O3S. The number of hydrogen-bond acceptors (Lipinski definition) is 4. The lowest BCUT2D eigenvalue weighted by Gasteiger charge is -2.22. The molecule has 33 heavy (non-hydrogen) atoms. The molecule has 2 aromatic carbocycles. The number of benzene rings is 2. The van der Waals surface area contributed by atoms with Gasteiger partial charge in [0.15, 0.2) is 0 Å². The predicted molar refractivity (Wildman–Crippen MR) is 131 cm³/mol. The fourth-order valence-corrected chi connectivity index (χ4v) is 5.44. The van der Waals surface area contributed by atoms with Gasteiger partial charge in [-0.2, -0.15) is 0 Å². The first-order valence-electron chi connectivity index (χ1n) is 10.9. The third kappa shape index (κ3) is 5.68. The summed E-state index contributed by atoms with van der Waals surface area (Å²) in [6.45, 7) is 3.51. The Kier molecular flexibility index (Phi) is 6.89. The zero-order chi connectivity index (χ0) is 23.3. The maximum atomic E-state index is 13.1. The van der Waals surface area contributed by atoms with Gasteiger partial charge in [0.2, 0.25) is 15.9 Å². The summed E-state index contributed by atoms with van der Waals surface area (Å²) in [6.07, 6.45) is 7.46. The monoisotopic (exact) mass is 461 g/mol. The smallest absolute Gasteiger partial charge is 0.247 e. The average Bonchev–Trinajstić information content (AvgIpc) is 3.18. The number of aryl methyl sites for hydroxylation is 1. The van der Waals surface area contributed by atoms with E-state index in [0.29, 0.717) is 31.7 Å². The number of anilines is 1. The highest BCUT2D eigenvalue weighted by molar-refractivity contribution is 7.93. The van der Waals surface area contributed by atoms with Crippen LogP contribution in [-0.2, 0) is 27.9 Å². The van der Waals surface area contributed by atoms with Crippen LogP contribution in [0.2, 0.25) is 0 Å². The third-order valence-corrected chi connectivity index (χ3v) is 7.60. The molecule has 0 spiro atoms. The molecule has 0 unspecified atom stereocenters. The van der Waals surface area contributed by atoms with E-state index in [0.717, 1.165) is 22.3 Å². The highest BCUT2D eigenvalue weighted by Crippen LogP contribution is 2.24. The molecule has 4 rings (SSSR count). The van der Waals surface area contributed by atoms with Crippen molar-refractivity contribution >= 4 is 27.7 Å². The van der Waals surface area contributed by atoms with E-state index in [4.69, 9.17) is 0 Å². The first-order chi connectivity index (χ1) is 15.9. The molecule has 1 fully saturated rings. The molecule has 0 N–H and O–H groups in total. The van der Waals surface area contributed by atoms with E-state index in [2.05, 4.69) is 4.98 Å². The van der Waals surface area contributed by atoms with Crippen LogP contribution in [0.3, 0.4) is 0 Å².